The summed E-state index contributed by atoms with van der Waals surface area (Å²) < 4.78 is 5.16. The van der Waals surface area contributed by atoms with Crippen molar-refractivity contribution in [3.8, 4) is 0 Å². The van der Waals surface area contributed by atoms with E-state index in [1.54, 1.807) is 22.7 Å². The summed E-state index contributed by atoms with van der Waals surface area (Å²) in [5.74, 6) is -0.719. The van der Waals surface area contributed by atoms with Crippen LogP contribution < -0.4 is 4.90 Å². The number of aryl methyl sites for hydroxylation is 1. The van der Waals surface area contributed by atoms with Gasteiger partial charge in [0.15, 0.2) is 6.61 Å². The fourth-order valence-electron chi connectivity index (χ4n) is 2.85. The van der Waals surface area contributed by atoms with Gasteiger partial charge in [-0.15, -0.1) is 11.8 Å². The lowest BCUT2D eigenvalue weighted by atomic mass is 10.1. The number of fused-ring (bicyclic) bond motifs is 1. The second-order valence-electron chi connectivity index (χ2n) is 6.58. The Morgan fingerprint density at radius 1 is 1.19 bits per heavy atom. The number of esters is 1. The first-order chi connectivity index (χ1) is 13.0. The highest BCUT2D eigenvalue weighted by molar-refractivity contribution is 8.00. The molecule has 1 unspecified atom stereocenters. The molecule has 0 aliphatic carbocycles. The minimum atomic E-state index is -0.519. The van der Waals surface area contributed by atoms with Gasteiger partial charge < -0.3 is 9.64 Å². The smallest absolute Gasteiger partial charge is 0.331 e. The minimum absolute atomic E-state index is 0.200. The summed E-state index contributed by atoms with van der Waals surface area (Å²) in [6, 6.07) is 15.7. The van der Waals surface area contributed by atoms with Gasteiger partial charge in [0.1, 0.15) is 0 Å². The van der Waals surface area contributed by atoms with Crippen molar-refractivity contribution in [2.75, 3.05) is 18.1 Å². The topological polar surface area (TPSA) is 46.6 Å². The number of para-hydroxylation sites is 1. The number of ether oxygens (including phenoxy) is 1. The van der Waals surface area contributed by atoms with Gasteiger partial charge >= 0.3 is 5.97 Å². The Balaban J connectivity index is 1.60. The lowest BCUT2D eigenvalue weighted by Gasteiger charge is -2.22. The Bertz CT molecular complexity index is 845. The molecule has 2 aromatic carbocycles. The third-order valence-corrected chi connectivity index (χ3v) is 5.61. The first-order valence-electron chi connectivity index (χ1n) is 9.00. The molecular weight excluding hydrogens is 358 g/mol. The van der Waals surface area contributed by atoms with Crippen molar-refractivity contribution < 1.29 is 14.3 Å². The fourth-order valence-corrected chi connectivity index (χ4v) is 3.96. The van der Waals surface area contributed by atoms with Crippen molar-refractivity contribution in [3.05, 3.63) is 65.7 Å². The minimum Gasteiger partial charge on any atom is -0.452 e. The van der Waals surface area contributed by atoms with Gasteiger partial charge in [-0.25, -0.2) is 4.79 Å². The molecule has 0 aromatic heterocycles. The molecule has 2 aromatic rings. The number of carbonyl (C=O) groups excluding carboxylic acids is 2. The maximum absolute atomic E-state index is 12.7. The van der Waals surface area contributed by atoms with E-state index >= 15 is 0 Å². The Labute approximate surface area is 164 Å². The van der Waals surface area contributed by atoms with Crippen molar-refractivity contribution in [2.24, 2.45) is 0 Å². The quantitative estimate of drug-likeness (QED) is 0.579. The second kappa shape index (κ2) is 8.91. The average molecular weight is 381 g/mol. The van der Waals surface area contributed by atoms with Crippen molar-refractivity contribution in [1.29, 1.82) is 0 Å². The van der Waals surface area contributed by atoms with Gasteiger partial charge in [-0.05, 0) is 37.1 Å². The van der Waals surface area contributed by atoms with E-state index in [1.807, 2.05) is 55.5 Å². The molecule has 1 amide bonds. The van der Waals surface area contributed by atoms with E-state index in [-0.39, 0.29) is 12.5 Å². The average Bonchev–Trinajstić information content (AvgIpc) is 2.84. The molecule has 5 heteroatoms. The van der Waals surface area contributed by atoms with Crippen LogP contribution in [0, 0.1) is 6.92 Å². The number of anilines is 1. The molecule has 0 saturated heterocycles. The van der Waals surface area contributed by atoms with Gasteiger partial charge in [-0.3, -0.25) is 4.79 Å². The highest BCUT2D eigenvalue weighted by Crippen LogP contribution is 2.37. The van der Waals surface area contributed by atoms with E-state index < -0.39 is 5.97 Å². The number of thioether (sulfide) groups is 1. The van der Waals surface area contributed by atoms with Gasteiger partial charge in [0.25, 0.3) is 5.91 Å². The van der Waals surface area contributed by atoms with Gasteiger partial charge in [-0.2, -0.15) is 0 Å². The normalized spacial score (nSPS) is 16.7. The largest absolute Gasteiger partial charge is 0.452 e. The molecule has 140 valence electrons. The predicted molar refractivity (Wildman–Crippen MR) is 110 cm³/mol. The maximum Gasteiger partial charge on any atom is 0.331 e. The molecule has 4 nitrogen and oxygen atoms in total. The first-order valence-corrected chi connectivity index (χ1v) is 9.88. The Morgan fingerprint density at radius 3 is 2.70 bits per heavy atom. The second-order valence-corrected chi connectivity index (χ2v) is 8.06. The first kappa shape index (κ1) is 19.2. The zero-order valence-electron chi connectivity index (χ0n) is 15.6. The van der Waals surface area contributed by atoms with E-state index in [0.29, 0.717) is 11.8 Å². The molecule has 0 N–H and O–H groups in total. The van der Waals surface area contributed by atoms with Gasteiger partial charge in [0.05, 0.1) is 5.69 Å². The van der Waals surface area contributed by atoms with Crippen molar-refractivity contribution >= 4 is 35.4 Å². The fraction of sp³-hybridized carbons (Fsp3) is 0.273. The number of nitrogens with zero attached hydrogens (tertiary/aromatic N) is 1. The molecule has 0 fully saturated rings. The van der Waals surface area contributed by atoms with Crippen LogP contribution in [-0.2, 0) is 14.3 Å². The summed E-state index contributed by atoms with van der Waals surface area (Å²) in [5, 5.41) is 0.434. The van der Waals surface area contributed by atoms with E-state index in [9.17, 15) is 9.59 Å². The van der Waals surface area contributed by atoms with Gasteiger partial charge in [-0.1, -0.05) is 48.9 Å². The molecule has 3 rings (SSSR count). The summed E-state index contributed by atoms with van der Waals surface area (Å²) in [4.78, 5) is 27.4. The van der Waals surface area contributed by atoms with Crippen molar-refractivity contribution in [1.82, 2.24) is 0 Å². The third kappa shape index (κ3) is 5.23. The highest BCUT2D eigenvalue weighted by Gasteiger charge is 2.24. The molecule has 1 heterocycles. The van der Waals surface area contributed by atoms with Crippen molar-refractivity contribution in [2.45, 2.75) is 30.4 Å². The van der Waals surface area contributed by atoms with E-state index in [2.05, 4.69) is 6.92 Å². The Hall–Kier alpha value is -2.53. The van der Waals surface area contributed by atoms with Crippen LogP contribution in [0.5, 0.6) is 0 Å². The standard InChI is InChI=1S/C22H23NO3S/c1-16-7-9-18(10-8-16)11-12-22(25)26-15-21(24)23-14-13-17(2)27-20-6-4-3-5-19(20)23/h3-12,17H,13-15H2,1-2H3/b12-11+. The van der Waals surface area contributed by atoms with Crippen LogP contribution in [0.4, 0.5) is 5.69 Å². The van der Waals surface area contributed by atoms with Crippen LogP contribution in [0.25, 0.3) is 6.08 Å². The Morgan fingerprint density at radius 2 is 1.93 bits per heavy atom. The number of benzene rings is 2. The van der Waals surface area contributed by atoms with Crippen LogP contribution >= 0.6 is 11.8 Å². The zero-order chi connectivity index (χ0) is 19.2. The summed E-state index contributed by atoms with van der Waals surface area (Å²) >= 11 is 1.77. The van der Waals surface area contributed by atoms with E-state index in [0.717, 1.165) is 28.1 Å². The van der Waals surface area contributed by atoms with Crippen LogP contribution in [0.1, 0.15) is 24.5 Å². The summed E-state index contributed by atoms with van der Waals surface area (Å²) in [5.41, 5.74) is 2.96. The molecule has 1 atom stereocenters. The molecule has 0 radical (unpaired) electrons. The summed E-state index contributed by atoms with van der Waals surface area (Å²) in [7, 11) is 0. The molecule has 0 saturated carbocycles. The van der Waals surface area contributed by atoms with Crippen LogP contribution in [-0.4, -0.2) is 30.3 Å². The number of rotatable bonds is 4. The van der Waals surface area contributed by atoms with Crippen LogP contribution in [0.3, 0.4) is 0 Å². The number of hydrogen-bond donors (Lipinski definition) is 0. The zero-order valence-corrected chi connectivity index (χ0v) is 16.4. The van der Waals surface area contributed by atoms with Gasteiger partial charge in [0, 0.05) is 22.8 Å². The van der Waals surface area contributed by atoms with E-state index in [4.69, 9.17) is 4.74 Å². The van der Waals surface area contributed by atoms with Crippen LogP contribution in [0.15, 0.2) is 59.5 Å². The lowest BCUT2D eigenvalue weighted by Crippen LogP contribution is -2.35. The van der Waals surface area contributed by atoms with Crippen LogP contribution in [0.2, 0.25) is 0 Å². The van der Waals surface area contributed by atoms with Crippen molar-refractivity contribution in [3.63, 3.8) is 0 Å². The number of carbonyl (C=O) groups is 2. The summed E-state index contributed by atoms with van der Waals surface area (Å²) in [6.07, 6.45) is 3.93. The number of amides is 1. The van der Waals surface area contributed by atoms with Gasteiger partial charge in [0.2, 0.25) is 0 Å². The molecule has 1 aliphatic heterocycles. The molecule has 1 aliphatic rings. The summed E-state index contributed by atoms with van der Waals surface area (Å²) in [6.45, 7) is 4.53. The monoisotopic (exact) mass is 381 g/mol. The predicted octanol–water partition coefficient (Wildman–Crippen LogP) is 4.47. The Kier molecular flexibility index (Phi) is 6.35. The molecular formula is C22H23NO3S. The molecule has 0 bridgehead atoms. The maximum atomic E-state index is 12.7. The third-order valence-electron chi connectivity index (χ3n) is 4.37. The number of hydrogen-bond acceptors (Lipinski definition) is 4. The molecule has 0 spiro atoms. The SMILES string of the molecule is Cc1ccc(/C=C/C(=O)OCC(=O)N2CCC(C)Sc3ccccc32)cc1. The highest BCUT2D eigenvalue weighted by atomic mass is 32.2. The van der Waals surface area contributed by atoms with E-state index in [1.165, 1.54) is 6.08 Å². The lowest BCUT2D eigenvalue weighted by molar-refractivity contribution is -0.142. The molecule has 27 heavy (non-hydrogen) atoms.